The second-order valence-electron chi connectivity index (χ2n) is 7.62. The van der Waals surface area contributed by atoms with Crippen LogP contribution in [0.2, 0.25) is 5.02 Å². The van der Waals surface area contributed by atoms with Crippen LogP contribution in [-0.4, -0.2) is 35.7 Å². The number of rotatable bonds is 4. The van der Waals surface area contributed by atoms with Gasteiger partial charge in [0.05, 0.1) is 10.4 Å². The first-order chi connectivity index (χ1) is 11.3. The molecule has 1 amide bonds. The van der Waals surface area contributed by atoms with Crippen molar-refractivity contribution in [2.45, 2.75) is 63.1 Å². The van der Waals surface area contributed by atoms with E-state index in [1.54, 1.807) is 12.1 Å². The minimum atomic E-state index is -3.80. The molecule has 7 heteroatoms. The highest BCUT2D eigenvalue weighted by Gasteiger charge is 2.57. The van der Waals surface area contributed by atoms with Gasteiger partial charge < -0.3 is 5.32 Å². The molecule has 1 fully saturated rings. The molecule has 0 radical (unpaired) electrons. The van der Waals surface area contributed by atoms with E-state index in [0.29, 0.717) is 11.4 Å². The van der Waals surface area contributed by atoms with E-state index >= 15 is 0 Å². The van der Waals surface area contributed by atoms with Crippen LogP contribution in [0, 0.1) is 6.92 Å². The average molecular weight is 385 g/mol. The second kappa shape index (κ2) is 6.41. The van der Waals surface area contributed by atoms with Gasteiger partial charge in [0, 0.05) is 16.6 Å². The van der Waals surface area contributed by atoms with Gasteiger partial charge in [0.1, 0.15) is 0 Å². The number of nitrogens with one attached hydrogen (secondary N) is 1. The Morgan fingerprint density at radius 1 is 1.36 bits per heavy atom. The first-order valence-corrected chi connectivity index (χ1v) is 9.90. The van der Waals surface area contributed by atoms with Gasteiger partial charge in [0.15, 0.2) is 0 Å². The summed E-state index contributed by atoms with van der Waals surface area (Å²) < 4.78 is 28.2. The number of benzene rings is 1. The van der Waals surface area contributed by atoms with Crippen molar-refractivity contribution in [3.8, 4) is 0 Å². The molecule has 0 bridgehead atoms. The molecule has 1 aliphatic rings. The molecule has 0 aromatic heterocycles. The molecule has 0 spiro atoms. The third-order valence-electron chi connectivity index (χ3n) is 4.81. The molecule has 1 unspecified atom stereocenters. The summed E-state index contributed by atoms with van der Waals surface area (Å²) in [5, 5.41) is 3.27. The predicted octanol–water partition coefficient (Wildman–Crippen LogP) is 3.27. The Morgan fingerprint density at radius 3 is 2.48 bits per heavy atom. The number of halogens is 1. The maximum absolute atomic E-state index is 13.4. The summed E-state index contributed by atoms with van der Waals surface area (Å²) in [7, 11) is -3.80. The van der Waals surface area contributed by atoms with Crippen LogP contribution in [0.1, 0.15) is 39.7 Å². The molecule has 1 heterocycles. The van der Waals surface area contributed by atoms with Crippen LogP contribution in [0.25, 0.3) is 0 Å². The van der Waals surface area contributed by atoms with Crippen molar-refractivity contribution in [2.75, 3.05) is 0 Å². The van der Waals surface area contributed by atoms with Gasteiger partial charge >= 0.3 is 0 Å². The van der Waals surface area contributed by atoms with E-state index in [9.17, 15) is 13.2 Å². The van der Waals surface area contributed by atoms with Gasteiger partial charge in [-0.1, -0.05) is 24.2 Å². The fourth-order valence-corrected chi connectivity index (χ4v) is 6.12. The zero-order valence-electron chi connectivity index (χ0n) is 15.3. The molecule has 1 N–H and O–H groups in total. The van der Waals surface area contributed by atoms with Crippen LogP contribution in [0.3, 0.4) is 0 Å². The normalized spacial score (nSPS) is 22.6. The minimum Gasteiger partial charge on any atom is -0.348 e. The van der Waals surface area contributed by atoms with Crippen molar-refractivity contribution in [3.63, 3.8) is 0 Å². The summed E-state index contributed by atoms with van der Waals surface area (Å²) in [6, 6.07) is 4.41. The Bertz CT molecular complexity index is 816. The molecule has 0 aliphatic carbocycles. The topological polar surface area (TPSA) is 66.5 Å². The lowest BCUT2D eigenvalue weighted by atomic mass is 9.94. The summed E-state index contributed by atoms with van der Waals surface area (Å²) in [6.07, 6.45) is 1.69. The van der Waals surface area contributed by atoms with Crippen LogP contribution >= 0.6 is 11.6 Å². The molecule has 1 atom stereocenters. The first kappa shape index (κ1) is 19.9. The van der Waals surface area contributed by atoms with Crippen molar-refractivity contribution >= 4 is 27.5 Å². The van der Waals surface area contributed by atoms with Gasteiger partial charge in [-0.05, 0) is 64.8 Å². The van der Waals surface area contributed by atoms with E-state index in [4.69, 9.17) is 11.6 Å². The number of carbonyl (C=O) groups is 1. The molecular weight excluding hydrogens is 360 g/mol. The molecule has 1 aromatic carbocycles. The fraction of sp³-hybridized carbons (Fsp3) is 0.500. The lowest BCUT2D eigenvalue weighted by Gasteiger charge is -2.40. The Labute approximate surface area is 155 Å². The highest BCUT2D eigenvalue weighted by atomic mass is 35.5. The maximum atomic E-state index is 13.4. The number of sulfonamides is 1. The van der Waals surface area contributed by atoms with Crippen molar-refractivity contribution in [2.24, 2.45) is 0 Å². The van der Waals surface area contributed by atoms with Crippen molar-refractivity contribution < 1.29 is 13.2 Å². The highest BCUT2D eigenvalue weighted by Crippen LogP contribution is 2.45. The number of amides is 1. The third-order valence-corrected chi connectivity index (χ3v) is 7.52. The highest BCUT2D eigenvalue weighted by molar-refractivity contribution is 7.89. The van der Waals surface area contributed by atoms with E-state index in [2.05, 4.69) is 11.9 Å². The van der Waals surface area contributed by atoms with Gasteiger partial charge in [-0.2, -0.15) is 4.31 Å². The fourth-order valence-electron chi connectivity index (χ4n) is 3.69. The molecule has 1 aliphatic heterocycles. The number of nitrogens with zero attached hydrogens (tertiary/aromatic N) is 1. The number of aryl methyl sites for hydroxylation is 1. The van der Waals surface area contributed by atoms with Crippen LogP contribution in [0.4, 0.5) is 0 Å². The molecule has 0 saturated carbocycles. The summed E-state index contributed by atoms with van der Waals surface area (Å²) in [5.74, 6) is -0.313. The summed E-state index contributed by atoms with van der Waals surface area (Å²) in [4.78, 5) is 11.9. The summed E-state index contributed by atoms with van der Waals surface area (Å²) in [6.45, 7) is 12.7. The maximum Gasteiger partial charge on any atom is 0.244 e. The standard InChI is InChI=1S/C18H25ClN2O3S/c1-7-16(22)20-15-11-17(3,4)21(18(15,5)6)25(23,24)13-9-8-12(2)14(19)10-13/h7-10,15H,1,11H2,2-6H3,(H,20,22). The third kappa shape index (κ3) is 3.48. The van der Waals surface area contributed by atoms with E-state index in [0.717, 1.165) is 5.56 Å². The molecule has 1 saturated heterocycles. The number of hydrogen-bond acceptors (Lipinski definition) is 3. The van der Waals surface area contributed by atoms with E-state index in [1.165, 1.54) is 16.4 Å². The van der Waals surface area contributed by atoms with E-state index in [1.807, 2.05) is 34.6 Å². The minimum absolute atomic E-state index is 0.153. The zero-order chi connectivity index (χ0) is 19.2. The largest absolute Gasteiger partial charge is 0.348 e. The van der Waals surface area contributed by atoms with Crippen molar-refractivity contribution in [1.29, 1.82) is 0 Å². The van der Waals surface area contributed by atoms with E-state index < -0.39 is 21.1 Å². The quantitative estimate of drug-likeness (QED) is 0.810. The Morgan fingerprint density at radius 2 is 1.96 bits per heavy atom. The average Bonchev–Trinajstić information content (AvgIpc) is 2.66. The second-order valence-corrected chi connectivity index (χ2v) is 9.81. The van der Waals surface area contributed by atoms with Gasteiger partial charge in [-0.15, -0.1) is 0 Å². The van der Waals surface area contributed by atoms with Gasteiger partial charge in [0.2, 0.25) is 15.9 Å². The summed E-state index contributed by atoms with van der Waals surface area (Å²) in [5.41, 5.74) is -0.659. The molecule has 1 aromatic rings. The Kier molecular flexibility index (Phi) is 5.12. The Hall–Kier alpha value is -1.37. The van der Waals surface area contributed by atoms with Crippen molar-refractivity contribution in [1.82, 2.24) is 9.62 Å². The lowest BCUT2D eigenvalue weighted by Crippen LogP contribution is -2.56. The monoisotopic (exact) mass is 384 g/mol. The molecule has 25 heavy (non-hydrogen) atoms. The van der Waals surface area contributed by atoms with Crippen LogP contribution < -0.4 is 5.32 Å². The zero-order valence-corrected chi connectivity index (χ0v) is 16.8. The van der Waals surface area contributed by atoms with Gasteiger partial charge in [-0.3, -0.25) is 4.79 Å². The molecular formula is C18H25ClN2O3S. The smallest absolute Gasteiger partial charge is 0.244 e. The number of carbonyl (C=O) groups excluding carboxylic acids is 1. The van der Waals surface area contributed by atoms with Crippen molar-refractivity contribution in [3.05, 3.63) is 41.4 Å². The van der Waals surface area contributed by atoms with Crippen LogP contribution in [0.15, 0.2) is 35.7 Å². The number of hydrogen-bond donors (Lipinski definition) is 1. The first-order valence-electron chi connectivity index (χ1n) is 8.08. The molecule has 138 valence electrons. The van der Waals surface area contributed by atoms with E-state index in [-0.39, 0.29) is 16.8 Å². The molecule has 5 nitrogen and oxygen atoms in total. The van der Waals surface area contributed by atoms with Crippen LogP contribution in [-0.2, 0) is 14.8 Å². The SMILES string of the molecule is C=CC(=O)NC1CC(C)(C)N(S(=O)(=O)c2ccc(C)c(Cl)c2)C1(C)C. The van der Waals surface area contributed by atoms with Gasteiger partial charge in [-0.25, -0.2) is 8.42 Å². The molecule has 2 rings (SSSR count). The summed E-state index contributed by atoms with van der Waals surface area (Å²) >= 11 is 6.13. The Balaban J connectivity index is 2.52. The lowest BCUT2D eigenvalue weighted by molar-refractivity contribution is -0.117. The predicted molar refractivity (Wildman–Crippen MR) is 100 cm³/mol. The van der Waals surface area contributed by atoms with Crippen LogP contribution in [0.5, 0.6) is 0 Å². The van der Waals surface area contributed by atoms with Gasteiger partial charge in [0.25, 0.3) is 0 Å².